The minimum absolute atomic E-state index is 1.13. The maximum Gasteiger partial charge on any atom is 0.292 e. The molecule has 8 heteroatoms. The highest BCUT2D eigenvalue weighted by atomic mass is 32.2. The highest BCUT2D eigenvalue weighted by molar-refractivity contribution is 7.85. The molecule has 11 heavy (non-hydrogen) atoms. The van der Waals surface area contributed by atoms with Crippen LogP contribution >= 0.6 is 0 Å². The Morgan fingerprint density at radius 1 is 1.36 bits per heavy atom. The number of hydrogen-bond acceptors (Lipinski definition) is 6. The zero-order chi connectivity index (χ0) is 9.28. The van der Waals surface area contributed by atoms with E-state index in [1.54, 1.807) is 0 Å². The van der Waals surface area contributed by atoms with Crippen molar-refractivity contribution in [3.8, 4) is 0 Å². The summed E-state index contributed by atoms with van der Waals surface area (Å²) in [6.07, 6.45) is 0. The fraction of sp³-hybridized carbons (Fsp3) is 1.00. The Bertz CT molecular complexity index is 214. The quantitative estimate of drug-likeness (QED) is 0.232. The van der Waals surface area contributed by atoms with Gasteiger partial charge in [0.15, 0.2) is 0 Å². The third kappa shape index (κ3) is 5.07. The molecule has 0 saturated carbocycles. The molecule has 0 fully saturated rings. The summed E-state index contributed by atoms with van der Waals surface area (Å²) in [4.78, 5) is 0. The standard InChI is InChI=1S/C3H9NO6S/c4-2(3(5,6)7)1-11(8,9)10/h2,5-7H,1,4H2,(H,8,9,10). The van der Waals surface area contributed by atoms with Crippen molar-refractivity contribution >= 4 is 10.1 Å². The summed E-state index contributed by atoms with van der Waals surface area (Å²) in [6.45, 7) is 0. The van der Waals surface area contributed by atoms with Crippen molar-refractivity contribution in [3.05, 3.63) is 0 Å². The molecule has 0 aliphatic heterocycles. The Kier molecular flexibility index (Phi) is 2.94. The van der Waals surface area contributed by atoms with Crippen LogP contribution in [0.25, 0.3) is 0 Å². The molecule has 0 aromatic carbocycles. The van der Waals surface area contributed by atoms with E-state index in [1.807, 2.05) is 0 Å². The molecule has 1 unspecified atom stereocenters. The second kappa shape index (κ2) is 3.01. The Balaban J connectivity index is 4.21. The van der Waals surface area contributed by atoms with E-state index in [-0.39, 0.29) is 0 Å². The van der Waals surface area contributed by atoms with Crippen LogP contribution in [-0.4, -0.2) is 46.1 Å². The minimum atomic E-state index is -4.41. The van der Waals surface area contributed by atoms with Crippen LogP contribution in [0.1, 0.15) is 0 Å². The van der Waals surface area contributed by atoms with Gasteiger partial charge in [0.25, 0.3) is 16.1 Å². The molecule has 0 amide bonds. The predicted octanol–water partition coefficient (Wildman–Crippen LogP) is -3.17. The van der Waals surface area contributed by atoms with Gasteiger partial charge < -0.3 is 21.1 Å². The van der Waals surface area contributed by atoms with E-state index >= 15 is 0 Å². The highest BCUT2D eigenvalue weighted by Gasteiger charge is 2.32. The second-order valence-corrected chi connectivity index (χ2v) is 3.54. The Labute approximate surface area is 62.8 Å². The minimum Gasteiger partial charge on any atom is -0.342 e. The molecular formula is C3H9NO6S. The SMILES string of the molecule is NC(CS(=O)(=O)O)C(O)(O)O. The predicted molar refractivity (Wildman–Crippen MR) is 33.8 cm³/mol. The lowest BCUT2D eigenvalue weighted by molar-refractivity contribution is -0.319. The lowest BCUT2D eigenvalue weighted by Gasteiger charge is -2.20. The van der Waals surface area contributed by atoms with Gasteiger partial charge in [-0.05, 0) is 0 Å². The van der Waals surface area contributed by atoms with E-state index in [1.165, 1.54) is 0 Å². The summed E-state index contributed by atoms with van der Waals surface area (Å²) in [7, 11) is -4.41. The van der Waals surface area contributed by atoms with Crippen LogP contribution in [0.3, 0.4) is 0 Å². The van der Waals surface area contributed by atoms with Gasteiger partial charge >= 0.3 is 0 Å². The van der Waals surface area contributed by atoms with Crippen LogP contribution < -0.4 is 5.73 Å². The summed E-state index contributed by atoms with van der Waals surface area (Å²) >= 11 is 0. The first-order valence-corrected chi connectivity index (χ1v) is 4.11. The lowest BCUT2D eigenvalue weighted by Crippen LogP contribution is -2.51. The maximum atomic E-state index is 10.0. The molecule has 0 aliphatic rings. The first kappa shape index (κ1) is 10.8. The summed E-state index contributed by atoms with van der Waals surface area (Å²) in [5, 5.41) is 24.8. The van der Waals surface area contributed by atoms with Gasteiger partial charge in [0.1, 0.15) is 6.04 Å². The summed E-state index contributed by atoms with van der Waals surface area (Å²) in [5.41, 5.74) is 4.75. The highest BCUT2D eigenvalue weighted by Crippen LogP contribution is 2.01. The third-order valence-corrected chi connectivity index (χ3v) is 1.67. The largest absolute Gasteiger partial charge is 0.342 e. The summed E-state index contributed by atoms with van der Waals surface area (Å²) in [5.74, 6) is -4.42. The van der Waals surface area contributed by atoms with E-state index in [2.05, 4.69) is 0 Å². The molecule has 1 atom stereocenters. The first-order valence-electron chi connectivity index (χ1n) is 2.51. The van der Waals surface area contributed by atoms with Gasteiger partial charge in [-0.2, -0.15) is 8.42 Å². The Hall–Kier alpha value is -0.250. The van der Waals surface area contributed by atoms with Crippen molar-refractivity contribution in [3.63, 3.8) is 0 Å². The van der Waals surface area contributed by atoms with Crippen LogP contribution in [0.15, 0.2) is 0 Å². The Morgan fingerprint density at radius 2 is 1.73 bits per heavy atom. The molecular weight excluding hydrogens is 178 g/mol. The lowest BCUT2D eigenvalue weighted by atomic mass is 10.3. The molecule has 6 N–H and O–H groups in total. The van der Waals surface area contributed by atoms with Crippen LogP contribution in [0.2, 0.25) is 0 Å². The van der Waals surface area contributed by atoms with Gasteiger partial charge in [0.05, 0.1) is 5.75 Å². The van der Waals surface area contributed by atoms with Crippen LogP contribution in [-0.2, 0) is 10.1 Å². The smallest absolute Gasteiger partial charge is 0.292 e. The van der Waals surface area contributed by atoms with Crippen LogP contribution in [0.5, 0.6) is 0 Å². The summed E-state index contributed by atoms with van der Waals surface area (Å²) < 4.78 is 28.2. The molecule has 68 valence electrons. The van der Waals surface area contributed by atoms with Crippen LogP contribution in [0.4, 0.5) is 0 Å². The zero-order valence-electron chi connectivity index (χ0n) is 5.38. The van der Waals surface area contributed by atoms with E-state index in [0.29, 0.717) is 0 Å². The average Bonchev–Trinajstić information content (AvgIpc) is 1.56. The van der Waals surface area contributed by atoms with Gasteiger partial charge in [0, 0.05) is 0 Å². The number of nitrogens with two attached hydrogens (primary N) is 1. The average molecular weight is 187 g/mol. The maximum absolute atomic E-state index is 10.0. The van der Waals surface area contributed by atoms with Crippen LogP contribution in [0, 0.1) is 0 Å². The van der Waals surface area contributed by atoms with Crippen molar-refractivity contribution < 1.29 is 28.3 Å². The van der Waals surface area contributed by atoms with Crippen molar-refractivity contribution in [2.24, 2.45) is 5.73 Å². The number of hydrogen-bond donors (Lipinski definition) is 5. The summed E-state index contributed by atoms with van der Waals surface area (Å²) in [6, 6.07) is -1.86. The molecule has 0 heterocycles. The van der Waals surface area contributed by atoms with Gasteiger partial charge in [-0.3, -0.25) is 4.55 Å². The molecule has 7 nitrogen and oxygen atoms in total. The fourth-order valence-electron chi connectivity index (χ4n) is 0.339. The van der Waals surface area contributed by atoms with Gasteiger partial charge in [-0.1, -0.05) is 0 Å². The normalized spacial score (nSPS) is 16.5. The first-order chi connectivity index (χ1) is 4.63. The number of aliphatic hydroxyl groups is 3. The number of rotatable bonds is 3. The van der Waals surface area contributed by atoms with Gasteiger partial charge in [-0.15, -0.1) is 0 Å². The monoisotopic (exact) mass is 187 g/mol. The molecule has 0 aromatic rings. The zero-order valence-corrected chi connectivity index (χ0v) is 6.19. The van der Waals surface area contributed by atoms with Crippen molar-refractivity contribution in [2.75, 3.05) is 5.75 Å². The molecule has 0 spiro atoms. The van der Waals surface area contributed by atoms with Gasteiger partial charge in [0.2, 0.25) is 0 Å². The van der Waals surface area contributed by atoms with E-state index in [0.717, 1.165) is 0 Å². The molecule has 0 saturated heterocycles. The topological polar surface area (TPSA) is 141 Å². The van der Waals surface area contributed by atoms with Crippen molar-refractivity contribution in [1.29, 1.82) is 0 Å². The van der Waals surface area contributed by atoms with E-state index in [4.69, 9.17) is 25.6 Å². The molecule has 0 rings (SSSR count). The van der Waals surface area contributed by atoms with Crippen molar-refractivity contribution in [1.82, 2.24) is 0 Å². The van der Waals surface area contributed by atoms with E-state index in [9.17, 15) is 8.42 Å². The molecule has 0 bridgehead atoms. The third-order valence-electron chi connectivity index (χ3n) is 0.888. The van der Waals surface area contributed by atoms with Crippen molar-refractivity contribution in [2.45, 2.75) is 12.0 Å². The Morgan fingerprint density at radius 3 is 1.82 bits per heavy atom. The van der Waals surface area contributed by atoms with Gasteiger partial charge in [-0.25, -0.2) is 0 Å². The fourth-order valence-corrected chi connectivity index (χ4v) is 1.02. The molecule has 0 aromatic heterocycles. The molecule has 0 aliphatic carbocycles. The molecule has 0 radical (unpaired) electrons. The second-order valence-electron chi connectivity index (χ2n) is 2.04. The van der Waals surface area contributed by atoms with E-state index < -0.39 is 27.9 Å².